The fourth-order valence-corrected chi connectivity index (χ4v) is 2.20. The molecule has 1 aromatic rings. The molecule has 0 aliphatic carbocycles. The minimum atomic E-state index is -0.522. The van der Waals surface area contributed by atoms with Crippen LogP contribution in [0, 0.1) is 6.92 Å². The van der Waals surface area contributed by atoms with E-state index in [1.807, 2.05) is 19.1 Å². The van der Waals surface area contributed by atoms with Crippen molar-refractivity contribution in [2.75, 3.05) is 6.61 Å². The highest BCUT2D eigenvalue weighted by atomic mass is 16.5. The molecule has 0 aromatic heterocycles. The van der Waals surface area contributed by atoms with Crippen molar-refractivity contribution in [3.63, 3.8) is 0 Å². The summed E-state index contributed by atoms with van der Waals surface area (Å²) in [6.07, 6.45) is 0. The Morgan fingerprint density at radius 3 is 2.53 bits per heavy atom. The molecule has 3 nitrogen and oxygen atoms in total. The lowest BCUT2D eigenvalue weighted by Gasteiger charge is -2.22. The Morgan fingerprint density at radius 1 is 1.35 bits per heavy atom. The molecule has 92 valence electrons. The summed E-state index contributed by atoms with van der Waals surface area (Å²) in [4.78, 5) is 11.7. The van der Waals surface area contributed by atoms with Crippen molar-refractivity contribution in [1.29, 1.82) is 0 Å². The molecule has 17 heavy (non-hydrogen) atoms. The number of carbonyl (C=O) groups is 1. The maximum atomic E-state index is 11.7. The number of rotatable bonds is 1. The minimum Gasteiger partial charge on any atom is -0.425 e. The molecule has 0 spiro atoms. The SMILES string of the molecule is Cc1cc2c(c(C(C)(C)C)c1)OC(=O)C2CO. The van der Waals surface area contributed by atoms with Crippen LogP contribution in [0.3, 0.4) is 0 Å². The van der Waals surface area contributed by atoms with E-state index >= 15 is 0 Å². The van der Waals surface area contributed by atoms with Gasteiger partial charge in [-0.2, -0.15) is 0 Å². The average Bonchev–Trinajstić information content (AvgIpc) is 2.50. The van der Waals surface area contributed by atoms with Crippen LogP contribution in [0.5, 0.6) is 5.75 Å². The predicted octanol–water partition coefficient (Wildman–Crippen LogP) is 2.29. The normalized spacial score (nSPS) is 19.1. The first-order chi connectivity index (χ1) is 7.84. The lowest BCUT2D eigenvalue weighted by atomic mass is 9.83. The van der Waals surface area contributed by atoms with Gasteiger partial charge in [-0.05, 0) is 12.3 Å². The number of aryl methyl sites for hydroxylation is 1. The van der Waals surface area contributed by atoms with Crippen LogP contribution in [0.1, 0.15) is 43.4 Å². The van der Waals surface area contributed by atoms with E-state index in [0.717, 1.165) is 16.7 Å². The fraction of sp³-hybridized carbons (Fsp3) is 0.500. The van der Waals surface area contributed by atoms with Crippen molar-refractivity contribution in [3.05, 3.63) is 28.8 Å². The van der Waals surface area contributed by atoms with E-state index in [2.05, 4.69) is 20.8 Å². The Kier molecular flexibility index (Phi) is 2.74. The third-order valence-electron chi connectivity index (χ3n) is 3.12. The van der Waals surface area contributed by atoms with Crippen molar-refractivity contribution in [3.8, 4) is 5.75 Å². The van der Waals surface area contributed by atoms with Crippen molar-refractivity contribution in [2.24, 2.45) is 0 Å². The summed E-state index contributed by atoms with van der Waals surface area (Å²) >= 11 is 0. The molecule has 0 amide bonds. The Bertz CT molecular complexity index is 469. The highest BCUT2D eigenvalue weighted by Crippen LogP contribution is 2.42. The molecule has 2 rings (SSSR count). The van der Waals surface area contributed by atoms with Crippen LogP contribution in [-0.2, 0) is 10.2 Å². The maximum absolute atomic E-state index is 11.7. The first kappa shape index (κ1) is 12.1. The van der Waals surface area contributed by atoms with Gasteiger partial charge in [0.1, 0.15) is 11.7 Å². The van der Waals surface area contributed by atoms with Crippen molar-refractivity contribution < 1.29 is 14.6 Å². The van der Waals surface area contributed by atoms with Gasteiger partial charge < -0.3 is 9.84 Å². The summed E-state index contributed by atoms with van der Waals surface area (Å²) in [5, 5.41) is 9.27. The predicted molar refractivity (Wildman–Crippen MR) is 65.3 cm³/mol. The maximum Gasteiger partial charge on any atom is 0.321 e. The zero-order valence-corrected chi connectivity index (χ0v) is 10.7. The smallest absolute Gasteiger partial charge is 0.321 e. The average molecular weight is 234 g/mol. The highest BCUT2D eigenvalue weighted by Gasteiger charge is 2.36. The fourth-order valence-electron chi connectivity index (χ4n) is 2.20. The van der Waals surface area contributed by atoms with Crippen LogP contribution in [0.4, 0.5) is 0 Å². The summed E-state index contributed by atoms with van der Waals surface area (Å²) < 4.78 is 5.32. The van der Waals surface area contributed by atoms with Gasteiger partial charge in [-0.25, -0.2) is 0 Å². The zero-order valence-electron chi connectivity index (χ0n) is 10.7. The van der Waals surface area contributed by atoms with E-state index in [1.54, 1.807) is 0 Å². The molecule has 1 aliphatic heterocycles. The Balaban J connectivity index is 2.64. The van der Waals surface area contributed by atoms with E-state index in [4.69, 9.17) is 4.74 Å². The van der Waals surface area contributed by atoms with Crippen molar-refractivity contribution in [1.82, 2.24) is 0 Å². The van der Waals surface area contributed by atoms with Crippen molar-refractivity contribution >= 4 is 5.97 Å². The number of hydrogen-bond donors (Lipinski definition) is 1. The topological polar surface area (TPSA) is 46.5 Å². The van der Waals surface area contributed by atoms with Gasteiger partial charge in [0.2, 0.25) is 0 Å². The van der Waals surface area contributed by atoms with Gasteiger partial charge in [0.25, 0.3) is 0 Å². The Hall–Kier alpha value is -1.35. The van der Waals surface area contributed by atoms with Gasteiger partial charge in [0.05, 0.1) is 6.61 Å². The van der Waals surface area contributed by atoms with Gasteiger partial charge in [0, 0.05) is 11.1 Å². The van der Waals surface area contributed by atoms with Crippen LogP contribution in [0.2, 0.25) is 0 Å². The number of carbonyl (C=O) groups excluding carboxylic acids is 1. The Labute approximate surface area is 101 Å². The number of aliphatic hydroxyl groups is 1. The quantitative estimate of drug-likeness (QED) is 0.599. The van der Waals surface area contributed by atoms with Gasteiger partial charge >= 0.3 is 5.97 Å². The lowest BCUT2D eigenvalue weighted by Crippen LogP contribution is -2.14. The van der Waals surface area contributed by atoms with E-state index < -0.39 is 5.92 Å². The molecule has 1 aliphatic rings. The molecular formula is C14H18O3. The highest BCUT2D eigenvalue weighted by molar-refractivity contribution is 5.87. The molecule has 0 saturated carbocycles. The van der Waals surface area contributed by atoms with Crippen LogP contribution in [0.15, 0.2) is 12.1 Å². The number of ether oxygens (including phenoxy) is 1. The summed E-state index contributed by atoms with van der Waals surface area (Å²) in [6.45, 7) is 8.05. The standard InChI is InChI=1S/C14H18O3/c1-8-5-9-10(7-15)13(16)17-12(9)11(6-8)14(2,3)4/h5-6,10,15H,7H2,1-4H3. The minimum absolute atomic E-state index is 0.0826. The number of esters is 1. The summed E-state index contributed by atoms with van der Waals surface area (Å²) in [6, 6.07) is 3.97. The second-order valence-corrected chi connectivity index (χ2v) is 5.64. The molecule has 1 unspecified atom stereocenters. The van der Waals surface area contributed by atoms with Gasteiger partial charge in [-0.3, -0.25) is 4.79 Å². The molecule has 0 radical (unpaired) electrons. The van der Waals surface area contributed by atoms with E-state index in [9.17, 15) is 9.90 Å². The largest absolute Gasteiger partial charge is 0.425 e. The van der Waals surface area contributed by atoms with E-state index in [-0.39, 0.29) is 18.0 Å². The number of fused-ring (bicyclic) bond motifs is 1. The number of benzene rings is 1. The molecule has 0 saturated heterocycles. The molecule has 1 atom stereocenters. The first-order valence-electron chi connectivity index (χ1n) is 5.82. The summed E-state index contributed by atoms with van der Waals surface area (Å²) in [5.41, 5.74) is 2.85. The molecule has 1 aromatic carbocycles. The number of aliphatic hydroxyl groups excluding tert-OH is 1. The molecule has 1 N–H and O–H groups in total. The molecule has 0 bridgehead atoms. The Morgan fingerprint density at radius 2 is 2.00 bits per heavy atom. The van der Waals surface area contributed by atoms with Crippen LogP contribution < -0.4 is 4.74 Å². The summed E-state index contributed by atoms with van der Waals surface area (Å²) in [7, 11) is 0. The van der Waals surface area contributed by atoms with E-state index in [0.29, 0.717) is 5.75 Å². The van der Waals surface area contributed by atoms with Crippen molar-refractivity contribution in [2.45, 2.75) is 39.0 Å². The lowest BCUT2D eigenvalue weighted by molar-refractivity contribution is -0.134. The van der Waals surface area contributed by atoms with Gasteiger partial charge in [-0.1, -0.05) is 38.5 Å². The third-order valence-corrected chi connectivity index (χ3v) is 3.12. The van der Waals surface area contributed by atoms with Gasteiger partial charge in [-0.15, -0.1) is 0 Å². The second kappa shape index (κ2) is 3.84. The molecule has 1 heterocycles. The molecular weight excluding hydrogens is 216 g/mol. The first-order valence-corrected chi connectivity index (χ1v) is 5.82. The second-order valence-electron chi connectivity index (χ2n) is 5.64. The van der Waals surface area contributed by atoms with Gasteiger partial charge in [0.15, 0.2) is 0 Å². The third kappa shape index (κ3) is 1.95. The van der Waals surface area contributed by atoms with E-state index in [1.165, 1.54) is 0 Å². The number of hydrogen-bond acceptors (Lipinski definition) is 3. The summed E-state index contributed by atoms with van der Waals surface area (Å²) in [5.74, 6) is -0.225. The van der Waals surface area contributed by atoms with Crippen LogP contribution >= 0.6 is 0 Å². The monoisotopic (exact) mass is 234 g/mol. The van der Waals surface area contributed by atoms with Crippen LogP contribution in [-0.4, -0.2) is 17.7 Å². The van der Waals surface area contributed by atoms with Crippen LogP contribution in [0.25, 0.3) is 0 Å². The molecule has 3 heteroatoms. The molecule has 0 fully saturated rings. The zero-order chi connectivity index (χ0) is 12.8.